The normalized spacial score (nSPS) is 21.3. The van der Waals surface area contributed by atoms with E-state index in [4.69, 9.17) is 0 Å². The zero-order chi connectivity index (χ0) is 10.3. The van der Waals surface area contributed by atoms with Crippen LogP contribution >= 0.6 is 27.7 Å². The second-order valence-electron chi connectivity index (χ2n) is 3.66. The van der Waals surface area contributed by atoms with E-state index in [0.29, 0.717) is 6.04 Å². The first-order valence-electron chi connectivity index (χ1n) is 4.93. The van der Waals surface area contributed by atoms with Crippen molar-refractivity contribution >= 4 is 38.7 Å². The van der Waals surface area contributed by atoms with Gasteiger partial charge in [0.25, 0.3) is 0 Å². The van der Waals surface area contributed by atoms with Crippen LogP contribution < -0.4 is 0 Å². The van der Waals surface area contributed by atoms with E-state index in [1.165, 1.54) is 12.2 Å². The quantitative estimate of drug-likeness (QED) is 0.806. The van der Waals surface area contributed by atoms with Crippen molar-refractivity contribution in [1.29, 1.82) is 0 Å². The first kappa shape index (κ1) is 9.66. The third-order valence-corrected chi connectivity index (χ3v) is 4.48. The Morgan fingerprint density at radius 2 is 2.40 bits per heavy atom. The summed E-state index contributed by atoms with van der Waals surface area (Å²) in [6.07, 6.45) is 1.20. The molecule has 1 aromatic heterocycles. The highest BCUT2D eigenvalue weighted by molar-refractivity contribution is 9.10. The Kier molecular flexibility index (Phi) is 2.44. The van der Waals surface area contributed by atoms with E-state index in [9.17, 15) is 0 Å². The maximum atomic E-state index is 4.26. The van der Waals surface area contributed by atoms with Crippen molar-refractivity contribution in [2.24, 2.45) is 0 Å². The average Bonchev–Trinajstić information content (AvgIpc) is 2.85. The van der Waals surface area contributed by atoms with Gasteiger partial charge in [0.1, 0.15) is 11.0 Å². The Morgan fingerprint density at radius 1 is 1.47 bits per heavy atom. The third-order valence-electron chi connectivity index (χ3n) is 2.69. The van der Waals surface area contributed by atoms with Gasteiger partial charge in [-0.15, -0.1) is 5.10 Å². The monoisotopic (exact) mass is 283 g/mol. The summed E-state index contributed by atoms with van der Waals surface area (Å²) >= 11 is 5.56. The lowest BCUT2D eigenvalue weighted by molar-refractivity contribution is 0.500. The zero-order valence-electron chi connectivity index (χ0n) is 8.06. The van der Waals surface area contributed by atoms with Gasteiger partial charge in [0, 0.05) is 10.2 Å². The number of halogens is 1. The molecule has 1 atom stereocenters. The second kappa shape index (κ2) is 3.79. The SMILES string of the molecule is Brc1cccc2nnn(C3CCSC3)c12. The van der Waals surface area contributed by atoms with Crippen molar-refractivity contribution in [3.63, 3.8) is 0 Å². The minimum Gasteiger partial charge on any atom is -0.240 e. The molecule has 0 aliphatic carbocycles. The van der Waals surface area contributed by atoms with E-state index in [1.807, 2.05) is 30.0 Å². The van der Waals surface area contributed by atoms with E-state index in [2.05, 4.69) is 30.9 Å². The molecule has 1 saturated heterocycles. The molecule has 2 aromatic rings. The van der Waals surface area contributed by atoms with Crippen LogP contribution in [0.5, 0.6) is 0 Å². The molecule has 1 unspecified atom stereocenters. The Bertz CT molecular complexity index is 490. The van der Waals surface area contributed by atoms with Crippen molar-refractivity contribution in [2.75, 3.05) is 11.5 Å². The highest BCUT2D eigenvalue weighted by Crippen LogP contribution is 2.31. The fourth-order valence-electron chi connectivity index (χ4n) is 1.92. The molecule has 1 aromatic carbocycles. The summed E-state index contributed by atoms with van der Waals surface area (Å²) in [5, 5.41) is 8.46. The summed E-state index contributed by atoms with van der Waals surface area (Å²) in [5.41, 5.74) is 2.10. The lowest BCUT2D eigenvalue weighted by Crippen LogP contribution is -2.09. The van der Waals surface area contributed by atoms with Crippen molar-refractivity contribution in [3.8, 4) is 0 Å². The summed E-state index contributed by atoms with van der Waals surface area (Å²) in [7, 11) is 0. The maximum absolute atomic E-state index is 4.26. The Morgan fingerprint density at radius 3 is 3.20 bits per heavy atom. The van der Waals surface area contributed by atoms with Crippen LogP contribution in [0.25, 0.3) is 11.0 Å². The molecule has 2 heterocycles. The van der Waals surface area contributed by atoms with E-state index in [0.717, 1.165) is 21.3 Å². The van der Waals surface area contributed by atoms with Crippen molar-refractivity contribution in [2.45, 2.75) is 12.5 Å². The van der Waals surface area contributed by atoms with Gasteiger partial charge in [-0.3, -0.25) is 0 Å². The van der Waals surface area contributed by atoms with E-state index >= 15 is 0 Å². The number of para-hydroxylation sites is 1. The van der Waals surface area contributed by atoms with Gasteiger partial charge in [-0.2, -0.15) is 11.8 Å². The number of fused-ring (bicyclic) bond motifs is 1. The molecule has 0 amide bonds. The van der Waals surface area contributed by atoms with Crippen LogP contribution in [0.2, 0.25) is 0 Å². The standard InChI is InChI=1S/C10H10BrN3S/c11-8-2-1-3-9-10(8)14(13-12-9)7-4-5-15-6-7/h1-3,7H,4-6H2. The molecule has 1 aliphatic heterocycles. The molecular formula is C10H10BrN3S. The Hall–Kier alpha value is -0.550. The predicted molar refractivity (Wildman–Crippen MR) is 66.2 cm³/mol. The highest BCUT2D eigenvalue weighted by Gasteiger charge is 2.21. The summed E-state index contributed by atoms with van der Waals surface area (Å²) in [6.45, 7) is 0. The molecule has 0 spiro atoms. The van der Waals surface area contributed by atoms with Gasteiger partial charge in [0.15, 0.2) is 0 Å². The van der Waals surface area contributed by atoms with Crippen molar-refractivity contribution in [3.05, 3.63) is 22.7 Å². The van der Waals surface area contributed by atoms with Gasteiger partial charge in [-0.25, -0.2) is 4.68 Å². The first-order chi connectivity index (χ1) is 7.36. The van der Waals surface area contributed by atoms with Gasteiger partial charge >= 0.3 is 0 Å². The predicted octanol–water partition coefficient (Wildman–Crippen LogP) is 2.87. The largest absolute Gasteiger partial charge is 0.240 e. The molecule has 1 fully saturated rings. The van der Waals surface area contributed by atoms with Crippen LogP contribution in [0.4, 0.5) is 0 Å². The number of thioether (sulfide) groups is 1. The average molecular weight is 284 g/mol. The summed E-state index contributed by atoms with van der Waals surface area (Å²) in [5.74, 6) is 2.39. The second-order valence-corrected chi connectivity index (χ2v) is 5.66. The number of aromatic nitrogens is 3. The van der Waals surface area contributed by atoms with Gasteiger partial charge in [0.05, 0.1) is 6.04 Å². The molecule has 0 N–H and O–H groups in total. The van der Waals surface area contributed by atoms with E-state index < -0.39 is 0 Å². The highest BCUT2D eigenvalue weighted by atomic mass is 79.9. The topological polar surface area (TPSA) is 30.7 Å². The molecule has 0 saturated carbocycles. The molecule has 5 heteroatoms. The summed E-state index contributed by atoms with van der Waals surface area (Å²) < 4.78 is 3.15. The van der Waals surface area contributed by atoms with Gasteiger partial charge in [0.2, 0.25) is 0 Å². The number of hydrogen-bond donors (Lipinski definition) is 0. The molecule has 78 valence electrons. The minimum atomic E-state index is 0.513. The van der Waals surface area contributed by atoms with Crippen LogP contribution in [0, 0.1) is 0 Å². The first-order valence-corrected chi connectivity index (χ1v) is 6.88. The fraction of sp³-hybridized carbons (Fsp3) is 0.400. The van der Waals surface area contributed by atoms with Crippen LogP contribution in [-0.4, -0.2) is 26.5 Å². The van der Waals surface area contributed by atoms with Gasteiger partial charge in [-0.05, 0) is 40.2 Å². The van der Waals surface area contributed by atoms with Crippen LogP contribution in [0.3, 0.4) is 0 Å². The summed E-state index contributed by atoms with van der Waals surface area (Å²) in [6, 6.07) is 6.56. The van der Waals surface area contributed by atoms with Crippen LogP contribution in [0.15, 0.2) is 22.7 Å². The van der Waals surface area contributed by atoms with Gasteiger partial charge in [-0.1, -0.05) is 11.3 Å². The zero-order valence-corrected chi connectivity index (χ0v) is 10.5. The van der Waals surface area contributed by atoms with Crippen LogP contribution in [0.1, 0.15) is 12.5 Å². The van der Waals surface area contributed by atoms with Gasteiger partial charge < -0.3 is 0 Å². The lowest BCUT2D eigenvalue weighted by atomic mass is 10.2. The third kappa shape index (κ3) is 1.58. The summed E-state index contributed by atoms with van der Waals surface area (Å²) in [4.78, 5) is 0. The Labute approximate surface area is 100 Å². The number of nitrogens with zero attached hydrogens (tertiary/aromatic N) is 3. The fourth-order valence-corrected chi connectivity index (χ4v) is 3.65. The molecule has 1 aliphatic rings. The minimum absolute atomic E-state index is 0.513. The molecule has 15 heavy (non-hydrogen) atoms. The molecular weight excluding hydrogens is 274 g/mol. The number of hydrogen-bond acceptors (Lipinski definition) is 3. The van der Waals surface area contributed by atoms with E-state index in [-0.39, 0.29) is 0 Å². The Balaban J connectivity index is 2.18. The van der Waals surface area contributed by atoms with Crippen LogP contribution in [-0.2, 0) is 0 Å². The smallest absolute Gasteiger partial charge is 0.114 e. The maximum Gasteiger partial charge on any atom is 0.114 e. The van der Waals surface area contributed by atoms with E-state index in [1.54, 1.807) is 0 Å². The molecule has 0 bridgehead atoms. The van der Waals surface area contributed by atoms with Crippen molar-refractivity contribution < 1.29 is 0 Å². The molecule has 3 nitrogen and oxygen atoms in total. The van der Waals surface area contributed by atoms with Crippen molar-refractivity contribution in [1.82, 2.24) is 15.0 Å². The molecule has 0 radical (unpaired) electrons. The molecule has 3 rings (SSSR count). The number of rotatable bonds is 1. The number of benzene rings is 1. The lowest BCUT2D eigenvalue weighted by Gasteiger charge is -2.09.